The van der Waals surface area contributed by atoms with Gasteiger partial charge >= 0.3 is 0 Å². The van der Waals surface area contributed by atoms with Crippen LogP contribution in [0.15, 0.2) is 76.4 Å². The molecule has 1 aliphatic rings. The number of aromatic nitrogens is 1. The second-order valence-corrected chi connectivity index (χ2v) is 8.42. The molecule has 4 aromatic rings. The molecular weight excluding hydrogens is 416 g/mol. The van der Waals surface area contributed by atoms with E-state index in [4.69, 9.17) is 9.15 Å². The first-order valence-corrected chi connectivity index (χ1v) is 11.2. The Hall–Kier alpha value is -3.64. The first kappa shape index (κ1) is 21.2. The normalized spacial score (nSPS) is 16.7. The molecule has 0 amide bonds. The maximum Gasteiger partial charge on any atom is 0.200 e. The van der Waals surface area contributed by atoms with Crippen molar-refractivity contribution in [2.75, 3.05) is 13.7 Å². The number of ether oxygens (including phenoxy) is 1. The molecule has 1 aliphatic heterocycles. The van der Waals surface area contributed by atoms with Crippen LogP contribution in [0.4, 0.5) is 0 Å². The molecule has 6 heteroatoms. The number of piperidine rings is 1. The van der Waals surface area contributed by atoms with Crippen molar-refractivity contribution >= 4 is 11.0 Å². The van der Waals surface area contributed by atoms with Crippen LogP contribution in [0.25, 0.3) is 22.1 Å². The standard InChI is InChI=1S/C27H26N2O4/c1-32-20-9-7-18(8-10-20)23-17-33-27-21(26(23)31)11-12-25(30)22(27)16-29-14-3-2-6-24(29)19-5-4-13-28-15-19/h4-5,7-13,15,17,24,30H,2-3,6,14,16H2,1H3/t24-/m1/s1. The largest absolute Gasteiger partial charge is 0.507 e. The van der Waals surface area contributed by atoms with Gasteiger partial charge in [-0.2, -0.15) is 0 Å². The van der Waals surface area contributed by atoms with Crippen molar-refractivity contribution in [1.82, 2.24) is 9.88 Å². The van der Waals surface area contributed by atoms with E-state index >= 15 is 0 Å². The van der Waals surface area contributed by atoms with E-state index in [9.17, 15) is 9.90 Å². The molecule has 168 valence electrons. The van der Waals surface area contributed by atoms with Crippen LogP contribution >= 0.6 is 0 Å². The highest BCUT2D eigenvalue weighted by Crippen LogP contribution is 2.35. The summed E-state index contributed by atoms with van der Waals surface area (Å²) < 4.78 is 11.2. The van der Waals surface area contributed by atoms with E-state index in [1.165, 1.54) is 11.8 Å². The molecule has 1 N–H and O–H groups in total. The number of pyridine rings is 1. The van der Waals surface area contributed by atoms with Crippen LogP contribution in [0.1, 0.15) is 36.4 Å². The predicted octanol–water partition coefficient (Wildman–Crippen LogP) is 5.30. The molecule has 3 heterocycles. The highest BCUT2D eigenvalue weighted by Gasteiger charge is 2.26. The van der Waals surface area contributed by atoms with E-state index in [0.717, 1.165) is 37.1 Å². The zero-order valence-corrected chi connectivity index (χ0v) is 18.5. The Labute approximate surface area is 192 Å². The Morgan fingerprint density at radius 3 is 2.76 bits per heavy atom. The third-order valence-electron chi connectivity index (χ3n) is 6.46. The monoisotopic (exact) mass is 442 g/mol. The summed E-state index contributed by atoms with van der Waals surface area (Å²) in [5, 5.41) is 11.2. The van der Waals surface area contributed by atoms with Crippen LogP contribution in [0, 0.1) is 0 Å². The van der Waals surface area contributed by atoms with E-state index in [-0.39, 0.29) is 17.2 Å². The zero-order valence-electron chi connectivity index (χ0n) is 18.5. The molecule has 5 rings (SSSR count). The van der Waals surface area contributed by atoms with Gasteiger partial charge < -0.3 is 14.3 Å². The van der Waals surface area contributed by atoms with Gasteiger partial charge in [0.15, 0.2) is 0 Å². The van der Waals surface area contributed by atoms with E-state index < -0.39 is 0 Å². The van der Waals surface area contributed by atoms with Gasteiger partial charge in [-0.15, -0.1) is 0 Å². The number of hydrogen-bond acceptors (Lipinski definition) is 6. The molecule has 0 unspecified atom stereocenters. The maximum atomic E-state index is 13.3. The number of hydrogen-bond donors (Lipinski definition) is 1. The molecule has 2 aromatic heterocycles. The van der Waals surface area contributed by atoms with Crippen molar-refractivity contribution in [2.45, 2.75) is 31.8 Å². The third-order valence-corrected chi connectivity index (χ3v) is 6.46. The first-order valence-electron chi connectivity index (χ1n) is 11.2. The number of phenols is 1. The summed E-state index contributed by atoms with van der Waals surface area (Å²) in [5.41, 5.74) is 3.36. The highest BCUT2D eigenvalue weighted by molar-refractivity contribution is 5.85. The Kier molecular flexibility index (Phi) is 5.84. The number of rotatable bonds is 5. The van der Waals surface area contributed by atoms with Gasteiger partial charge in [-0.3, -0.25) is 14.7 Å². The number of benzene rings is 2. The SMILES string of the molecule is COc1ccc(-c2coc3c(CN4CCCC[C@@H]4c4cccnc4)c(O)ccc3c2=O)cc1. The van der Waals surface area contributed by atoms with Crippen LogP contribution in [-0.4, -0.2) is 28.6 Å². The molecule has 0 aliphatic carbocycles. The van der Waals surface area contributed by atoms with Crippen molar-refractivity contribution in [2.24, 2.45) is 0 Å². The molecule has 0 spiro atoms. The predicted molar refractivity (Wildman–Crippen MR) is 127 cm³/mol. The van der Waals surface area contributed by atoms with Crippen LogP contribution in [0.5, 0.6) is 11.5 Å². The fourth-order valence-electron chi connectivity index (χ4n) is 4.70. The van der Waals surface area contributed by atoms with E-state index in [0.29, 0.717) is 28.6 Å². The van der Waals surface area contributed by atoms with Crippen molar-refractivity contribution in [3.05, 3.63) is 88.5 Å². The van der Waals surface area contributed by atoms with E-state index in [1.807, 2.05) is 36.5 Å². The molecular formula is C27H26N2O4. The minimum atomic E-state index is -0.120. The summed E-state index contributed by atoms with van der Waals surface area (Å²) in [5.74, 6) is 0.860. The zero-order chi connectivity index (χ0) is 22.8. The fraction of sp³-hybridized carbons (Fsp3) is 0.259. The Morgan fingerprint density at radius 2 is 2.00 bits per heavy atom. The maximum absolute atomic E-state index is 13.3. The molecule has 0 bridgehead atoms. The number of methoxy groups -OCH3 is 1. The lowest BCUT2D eigenvalue weighted by Crippen LogP contribution is -2.33. The average molecular weight is 443 g/mol. The molecule has 0 radical (unpaired) electrons. The summed E-state index contributed by atoms with van der Waals surface area (Å²) in [6.07, 6.45) is 8.45. The molecule has 2 aromatic carbocycles. The molecule has 1 atom stereocenters. The van der Waals surface area contributed by atoms with Gasteiger partial charge in [0, 0.05) is 25.0 Å². The van der Waals surface area contributed by atoms with Gasteiger partial charge in [0.2, 0.25) is 5.43 Å². The van der Waals surface area contributed by atoms with Gasteiger partial charge in [0.05, 0.1) is 23.6 Å². The summed E-state index contributed by atoms with van der Waals surface area (Å²) >= 11 is 0. The molecule has 0 saturated carbocycles. The van der Waals surface area contributed by atoms with Crippen molar-refractivity contribution < 1.29 is 14.3 Å². The van der Waals surface area contributed by atoms with Gasteiger partial charge in [-0.1, -0.05) is 24.6 Å². The smallest absolute Gasteiger partial charge is 0.200 e. The Morgan fingerprint density at radius 1 is 1.15 bits per heavy atom. The molecule has 1 saturated heterocycles. The van der Waals surface area contributed by atoms with Crippen LogP contribution < -0.4 is 10.2 Å². The number of likely N-dealkylation sites (tertiary alicyclic amines) is 1. The lowest BCUT2D eigenvalue weighted by Gasteiger charge is -2.36. The minimum Gasteiger partial charge on any atom is -0.507 e. The topological polar surface area (TPSA) is 75.8 Å². The number of fused-ring (bicyclic) bond motifs is 1. The van der Waals surface area contributed by atoms with Crippen molar-refractivity contribution in [3.8, 4) is 22.6 Å². The Bertz CT molecular complexity index is 1320. The molecule has 1 fully saturated rings. The summed E-state index contributed by atoms with van der Waals surface area (Å²) in [7, 11) is 1.61. The quantitative estimate of drug-likeness (QED) is 0.452. The van der Waals surface area contributed by atoms with Crippen molar-refractivity contribution in [3.63, 3.8) is 0 Å². The fourth-order valence-corrected chi connectivity index (χ4v) is 4.70. The summed E-state index contributed by atoms with van der Waals surface area (Å²) in [4.78, 5) is 20.0. The highest BCUT2D eigenvalue weighted by atomic mass is 16.5. The lowest BCUT2D eigenvalue weighted by molar-refractivity contribution is 0.139. The first-order chi connectivity index (χ1) is 16.2. The number of phenolic OH excluding ortho intramolecular Hbond substituents is 1. The van der Waals surface area contributed by atoms with E-state index in [2.05, 4.69) is 16.0 Å². The minimum absolute atomic E-state index is 0.120. The molecule has 6 nitrogen and oxygen atoms in total. The number of nitrogens with zero attached hydrogens (tertiary/aromatic N) is 2. The summed E-state index contributed by atoms with van der Waals surface area (Å²) in [6.45, 7) is 1.40. The number of aromatic hydroxyl groups is 1. The van der Waals surface area contributed by atoms with Crippen LogP contribution in [0.2, 0.25) is 0 Å². The second-order valence-electron chi connectivity index (χ2n) is 8.42. The van der Waals surface area contributed by atoms with Gasteiger partial charge in [0.25, 0.3) is 0 Å². The summed E-state index contributed by atoms with van der Waals surface area (Å²) in [6, 6.07) is 14.8. The van der Waals surface area contributed by atoms with E-state index in [1.54, 1.807) is 25.4 Å². The Balaban J connectivity index is 1.53. The second kappa shape index (κ2) is 9.08. The molecule has 33 heavy (non-hydrogen) atoms. The van der Waals surface area contributed by atoms with Crippen LogP contribution in [-0.2, 0) is 6.54 Å². The third kappa shape index (κ3) is 4.10. The van der Waals surface area contributed by atoms with Gasteiger partial charge in [-0.05, 0) is 60.8 Å². The van der Waals surface area contributed by atoms with Crippen LogP contribution in [0.3, 0.4) is 0 Å². The lowest BCUT2D eigenvalue weighted by atomic mass is 9.95. The van der Waals surface area contributed by atoms with Gasteiger partial charge in [0.1, 0.15) is 23.3 Å². The van der Waals surface area contributed by atoms with Gasteiger partial charge in [-0.25, -0.2) is 0 Å². The average Bonchev–Trinajstić information content (AvgIpc) is 2.87. The van der Waals surface area contributed by atoms with Crippen molar-refractivity contribution in [1.29, 1.82) is 0 Å².